The van der Waals surface area contributed by atoms with Crippen LogP contribution in [0, 0.1) is 0 Å². The summed E-state index contributed by atoms with van der Waals surface area (Å²) in [5.74, 6) is -1.31. The quantitative estimate of drug-likeness (QED) is 0.427. The van der Waals surface area contributed by atoms with Gasteiger partial charge in [-0.15, -0.1) is 0 Å². The lowest BCUT2D eigenvalue weighted by atomic mass is 10.1. The number of aromatic amines is 1. The van der Waals surface area contributed by atoms with E-state index in [9.17, 15) is 28.2 Å². The molecule has 0 spiro atoms. The average molecular weight is 410 g/mol. The molecular weight excluding hydrogens is 393 g/mol. The average Bonchev–Trinajstić information content (AvgIpc) is 2.99. The minimum Gasteiger partial charge on any atom is -0.478 e. The number of H-pyrrole nitrogens is 1. The van der Waals surface area contributed by atoms with Gasteiger partial charge in [-0.25, -0.2) is 4.79 Å². The van der Waals surface area contributed by atoms with E-state index < -0.39 is 11.5 Å². The molecule has 0 aliphatic heterocycles. The molecule has 1 aromatic heterocycles. The number of carboxylic acids is 1. The maximum absolute atomic E-state index is 12.5. The molecule has 9 heteroatoms. The Morgan fingerprint density at radius 1 is 1.18 bits per heavy atom. The number of halogens is 3. The maximum atomic E-state index is 12.5. The molecule has 28 heavy (non-hydrogen) atoms. The van der Waals surface area contributed by atoms with Gasteiger partial charge in [-0.1, -0.05) is 18.2 Å². The van der Waals surface area contributed by atoms with E-state index in [1.807, 2.05) is 24.3 Å². The van der Waals surface area contributed by atoms with Crippen molar-refractivity contribution < 1.29 is 28.2 Å². The minimum absolute atomic E-state index is 0.159. The fraction of sp³-hybridized carbons (Fsp3) is 0.211. The number of hydrogen-bond acceptors (Lipinski definition) is 4. The van der Waals surface area contributed by atoms with Crippen molar-refractivity contribution >= 4 is 34.3 Å². The fourth-order valence-electron chi connectivity index (χ4n) is 3.05. The summed E-state index contributed by atoms with van der Waals surface area (Å²) < 4.78 is 37.5. The van der Waals surface area contributed by atoms with Crippen LogP contribution in [0.15, 0.2) is 47.4 Å². The first-order chi connectivity index (χ1) is 13.3. The Hall–Kier alpha value is -2.65. The number of thioether (sulfide) groups is 1. The number of benzene rings is 2. The number of aromatic nitrogens is 1. The van der Waals surface area contributed by atoms with Crippen LogP contribution in [0.4, 0.5) is 18.9 Å². The SMILES string of the molecule is O=C(O)c1cc(SC(F)(F)F)ccc1NCCc1c(CO)[nH]c2ccccc12. The third-order valence-corrected chi connectivity index (χ3v) is 4.93. The standard InChI is InChI=1S/C19H17F3N2O3S/c20-19(21,22)28-11-5-6-15(14(9-11)18(26)27)23-8-7-13-12-3-1-2-4-16(12)24-17(13)10-25/h1-6,9,23-25H,7-8,10H2,(H,26,27). The number of rotatable bonds is 7. The van der Waals surface area contributed by atoms with Crippen LogP contribution in [0.3, 0.4) is 0 Å². The predicted molar refractivity (Wildman–Crippen MR) is 102 cm³/mol. The van der Waals surface area contributed by atoms with Gasteiger partial charge in [-0.3, -0.25) is 0 Å². The first-order valence-electron chi connectivity index (χ1n) is 8.35. The first-order valence-corrected chi connectivity index (χ1v) is 9.16. The third kappa shape index (κ3) is 4.60. The van der Waals surface area contributed by atoms with Crippen LogP contribution in [0.1, 0.15) is 21.6 Å². The summed E-state index contributed by atoms with van der Waals surface area (Å²) in [6.07, 6.45) is 0.498. The van der Waals surface area contributed by atoms with Gasteiger partial charge in [0.15, 0.2) is 0 Å². The largest absolute Gasteiger partial charge is 0.478 e. The molecule has 4 N–H and O–H groups in total. The zero-order valence-electron chi connectivity index (χ0n) is 14.5. The van der Waals surface area contributed by atoms with E-state index in [0.717, 1.165) is 22.5 Å². The van der Waals surface area contributed by atoms with Crippen molar-refractivity contribution in [1.29, 1.82) is 0 Å². The number of para-hydroxylation sites is 1. The fourth-order valence-corrected chi connectivity index (χ4v) is 3.63. The second-order valence-electron chi connectivity index (χ2n) is 6.02. The van der Waals surface area contributed by atoms with E-state index in [2.05, 4.69) is 10.3 Å². The van der Waals surface area contributed by atoms with Crippen molar-refractivity contribution in [2.75, 3.05) is 11.9 Å². The number of carboxylic acid groups (broad SMARTS) is 1. The monoisotopic (exact) mass is 410 g/mol. The highest BCUT2D eigenvalue weighted by Gasteiger charge is 2.29. The van der Waals surface area contributed by atoms with E-state index in [1.54, 1.807) is 0 Å². The van der Waals surface area contributed by atoms with Crippen LogP contribution < -0.4 is 5.32 Å². The van der Waals surface area contributed by atoms with Gasteiger partial charge >= 0.3 is 11.5 Å². The summed E-state index contributed by atoms with van der Waals surface area (Å²) >= 11 is -0.354. The molecule has 5 nitrogen and oxygen atoms in total. The lowest BCUT2D eigenvalue weighted by Gasteiger charge is -2.12. The van der Waals surface area contributed by atoms with Gasteiger partial charge in [0, 0.05) is 33.7 Å². The van der Waals surface area contributed by atoms with Gasteiger partial charge in [0.1, 0.15) is 0 Å². The first kappa shape index (κ1) is 20.1. The van der Waals surface area contributed by atoms with Crippen LogP contribution in [0.25, 0.3) is 10.9 Å². The van der Waals surface area contributed by atoms with Crippen molar-refractivity contribution in [2.45, 2.75) is 23.4 Å². The van der Waals surface area contributed by atoms with Crippen molar-refractivity contribution in [3.63, 3.8) is 0 Å². The number of hydrogen-bond donors (Lipinski definition) is 4. The van der Waals surface area contributed by atoms with Gasteiger partial charge in [-0.2, -0.15) is 13.2 Å². The Balaban J connectivity index is 1.77. The second-order valence-corrected chi connectivity index (χ2v) is 7.16. The van der Waals surface area contributed by atoms with Gasteiger partial charge in [0.05, 0.1) is 12.2 Å². The molecule has 148 valence electrons. The Kier molecular flexibility index (Phi) is 5.85. The number of aliphatic hydroxyl groups is 1. The molecule has 0 unspecified atom stereocenters. The number of nitrogens with one attached hydrogen (secondary N) is 2. The summed E-state index contributed by atoms with van der Waals surface area (Å²) in [6.45, 7) is 0.189. The van der Waals surface area contributed by atoms with Gasteiger partial charge < -0.3 is 20.5 Å². The Bertz CT molecular complexity index is 1000. The molecular formula is C19H17F3N2O3S. The molecule has 0 amide bonds. The molecule has 3 rings (SSSR count). The molecule has 1 heterocycles. The molecule has 0 fully saturated rings. The lowest BCUT2D eigenvalue weighted by molar-refractivity contribution is -0.0328. The van der Waals surface area contributed by atoms with Gasteiger partial charge in [-0.05, 0) is 48.0 Å². The molecule has 3 aromatic rings. The minimum atomic E-state index is -4.49. The van der Waals surface area contributed by atoms with Crippen LogP contribution >= 0.6 is 11.8 Å². The summed E-state index contributed by atoms with van der Waals surface area (Å²) in [4.78, 5) is 14.4. The van der Waals surface area contributed by atoms with Crippen molar-refractivity contribution in [3.8, 4) is 0 Å². The summed E-state index contributed by atoms with van der Waals surface area (Å²) in [5.41, 5.74) is -1.99. The van der Waals surface area contributed by atoms with Crippen molar-refractivity contribution in [1.82, 2.24) is 4.98 Å². The highest BCUT2D eigenvalue weighted by Crippen LogP contribution is 2.38. The van der Waals surface area contributed by atoms with Crippen LogP contribution in [0.2, 0.25) is 0 Å². The maximum Gasteiger partial charge on any atom is 0.446 e. The number of aromatic carboxylic acids is 1. The number of anilines is 1. The number of carbonyl (C=O) groups is 1. The van der Waals surface area contributed by atoms with E-state index >= 15 is 0 Å². The molecule has 0 bridgehead atoms. The van der Waals surface area contributed by atoms with Crippen molar-refractivity contribution in [3.05, 3.63) is 59.3 Å². The molecule has 0 radical (unpaired) electrons. The van der Waals surface area contributed by atoms with Gasteiger partial charge in [0.2, 0.25) is 0 Å². The number of fused-ring (bicyclic) bond motifs is 1. The van der Waals surface area contributed by atoms with Crippen LogP contribution in [0.5, 0.6) is 0 Å². The lowest BCUT2D eigenvalue weighted by Crippen LogP contribution is -2.10. The summed E-state index contributed by atoms with van der Waals surface area (Å²) in [5, 5.41) is 22.8. The Labute approximate surface area is 162 Å². The zero-order valence-corrected chi connectivity index (χ0v) is 15.3. The van der Waals surface area contributed by atoms with E-state index in [1.165, 1.54) is 12.1 Å². The third-order valence-electron chi connectivity index (χ3n) is 4.21. The molecule has 0 aliphatic rings. The zero-order chi connectivity index (χ0) is 20.3. The predicted octanol–water partition coefficient (Wildman–Crippen LogP) is 4.62. The number of aliphatic hydroxyl groups excluding tert-OH is 1. The summed E-state index contributed by atoms with van der Waals surface area (Å²) in [7, 11) is 0. The van der Waals surface area contributed by atoms with Crippen molar-refractivity contribution in [2.24, 2.45) is 0 Å². The van der Waals surface area contributed by atoms with E-state index in [4.69, 9.17) is 0 Å². The molecule has 0 saturated heterocycles. The molecule has 0 aliphatic carbocycles. The highest BCUT2D eigenvalue weighted by atomic mass is 32.2. The topological polar surface area (TPSA) is 85.3 Å². The number of alkyl halides is 3. The normalized spacial score (nSPS) is 11.7. The van der Waals surface area contributed by atoms with E-state index in [0.29, 0.717) is 18.7 Å². The van der Waals surface area contributed by atoms with E-state index in [-0.39, 0.29) is 34.5 Å². The Morgan fingerprint density at radius 3 is 2.61 bits per heavy atom. The second kappa shape index (κ2) is 8.15. The Morgan fingerprint density at radius 2 is 1.93 bits per heavy atom. The highest BCUT2D eigenvalue weighted by molar-refractivity contribution is 8.00. The molecule has 0 atom stereocenters. The smallest absolute Gasteiger partial charge is 0.446 e. The molecule has 2 aromatic carbocycles. The molecule has 0 saturated carbocycles. The summed E-state index contributed by atoms with van der Waals surface area (Å²) in [6, 6.07) is 11.2. The van der Waals surface area contributed by atoms with Crippen LogP contribution in [-0.4, -0.2) is 33.2 Å². The van der Waals surface area contributed by atoms with Gasteiger partial charge in [0.25, 0.3) is 0 Å². The van der Waals surface area contributed by atoms with Crippen LogP contribution in [-0.2, 0) is 13.0 Å².